The molecule has 156 valence electrons. The van der Waals surface area contributed by atoms with Crippen LogP contribution >= 0.6 is 0 Å². The largest absolute Gasteiger partial charge is 0.484 e. The molecule has 0 atom stereocenters. The van der Waals surface area contributed by atoms with Crippen molar-refractivity contribution < 1.29 is 22.9 Å². The van der Waals surface area contributed by atoms with Gasteiger partial charge in [-0.15, -0.1) is 0 Å². The Morgan fingerprint density at radius 1 is 1.14 bits per heavy atom. The monoisotopic (exact) mass is 421 g/mol. The minimum absolute atomic E-state index is 0.116. The number of ether oxygens (including phenoxy) is 1. The summed E-state index contributed by atoms with van der Waals surface area (Å²) in [6, 6.07) is 12.3. The number of amides is 1. The highest BCUT2D eigenvalue weighted by Crippen LogP contribution is 2.18. The predicted octanol–water partition coefficient (Wildman–Crippen LogP) is 2.12. The molecular weight excluding hydrogens is 398 g/mol. The molecule has 0 fully saturated rings. The van der Waals surface area contributed by atoms with Crippen LogP contribution in [0.15, 0.2) is 48.5 Å². The van der Waals surface area contributed by atoms with E-state index in [4.69, 9.17) is 4.74 Å². The average molecular weight is 421 g/mol. The second kappa shape index (κ2) is 9.99. The summed E-state index contributed by atoms with van der Waals surface area (Å²) in [7, 11) is -3.39. The molecule has 29 heavy (non-hydrogen) atoms. The molecule has 0 radical (unpaired) electrons. The smallest absolute Gasteiger partial charge is 0.273 e. The number of nitro benzene ring substituents is 1. The summed E-state index contributed by atoms with van der Waals surface area (Å²) in [6.45, 7) is 3.48. The summed E-state index contributed by atoms with van der Waals surface area (Å²) in [5.74, 6) is -0.270. The first-order chi connectivity index (χ1) is 13.6. The van der Waals surface area contributed by atoms with Crippen LogP contribution in [0.3, 0.4) is 0 Å². The van der Waals surface area contributed by atoms with Crippen LogP contribution in [0, 0.1) is 10.1 Å². The Balaban J connectivity index is 1.81. The fourth-order valence-electron chi connectivity index (χ4n) is 2.46. The lowest BCUT2D eigenvalue weighted by Gasteiger charge is -2.10. The first-order valence-corrected chi connectivity index (χ1v) is 10.5. The number of rotatable bonds is 10. The quantitative estimate of drug-likeness (QED) is 0.447. The van der Waals surface area contributed by atoms with Crippen LogP contribution in [0.1, 0.15) is 25.0 Å². The number of carbonyl (C=O) groups excluding carboxylic acids is 1. The molecule has 0 aliphatic heterocycles. The fourth-order valence-corrected chi connectivity index (χ4v) is 3.89. The minimum atomic E-state index is -3.39. The molecule has 0 unspecified atom stereocenters. The Hall–Kier alpha value is -2.98. The molecule has 1 amide bonds. The molecule has 0 aliphatic carbocycles. The number of nitro groups is 1. The van der Waals surface area contributed by atoms with Crippen LogP contribution in [0.4, 0.5) is 5.69 Å². The minimum Gasteiger partial charge on any atom is -0.484 e. The third-order valence-electron chi connectivity index (χ3n) is 3.68. The molecule has 0 aliphatic rings. The van der Waals surface area contributed by atoms with Gasteiger partial charge < -0.3 is 10.1 Å². The molecule has 0 aromatic heterocycles. The van der Waals surface area contributed by atoms with Gasteiger partial charge in [-0.3, -0.25) is 14.9 Å². The van der Waals surface area contributed by atoms with Gasteiger partial charge in [0.15, 0.2) is 6.61 Å². The van der Waals surface area contributed by atoms with Gasteiger partial charge in [0.25, 0.3) is 11.6 Å². The molecule has 0 bridgehead atoms. The molecular formula is C19H23N3O6S. The number of nitrogens with one attached hydrogen (secondary N) is 2. The second-order valence-electron chi connectivity index (χ2n) is 6.67. The number of benzene rings is 2. The zero-order valence-electron chi connectivity index (χ0n) is 16.1. The van der Waals surface area contributed by atoms with Crippen LogP contribution in [0.5, 0.6) is 5.75 Å². The number of nitrogens with zero attached hydrogens (tertiary/aromatic N) is 1. The molecule has 0 heterocycles. The maximum absolute atomic E-state index is 11.9. The lowest BCUT2D eigenvalue weighted by atomic mass is 10.1. The number of non-ortho nitro benzene ring substituents is 1. The van der Waals surface area contributed by atoms with Crippen LogP contribution < -0.4 is 14.8 Å². The first-order valence-electron chi connectivity index (χ1n) is 8.86. The summed E-state index contributed by atoms with van der Waals surface area (Å²) in [6.07, 6.45) is 0. The molecule has 2 rings (SSSR count). The third kappa shape index (κ3) is 7.88. The van der Waals surface area contributed by atoms with E-state index in [2.05, 4.69) is 10.0 Å². The zero-order chi connectivity index (χ0) is 21.4. The van der Waals surface area contributed by atoms with Crippen molar-refractivity contribution in [2.75, 3.05) is 6.61 Å². The van der Waals surface area contributed by atoms with E-state index in [0.717, 1.165) is 5.56 Å². The Kier molecular flexibility index (Phi) is 7.68. The second-order valence-corrected chi connectivity index (χ2v) is 8.42. The number of hydrogen-bond acceptors (Lipinski definition) is 6. The van der Waals surface area contributed by atoms with Crippen LogP contribution in [0.25, 0.3) is 0 Å². The van der Waals surface area contributed by atoms with Gasteiger partial charge in [-0.1, -0.05) is 30.3 Å². The Morgan fingerprint density at radius 2 is 1.79 bits per heavy atom. The normalized spacial score (nSPS) is 11.3. The zero-order valence-corrected chi connectivity index (χ0v) is 16.9. The average Bonchev–Trinajstić information content (AvgIpc) is 2.64. The van der Waals surface area contributed by atoms with Gasteiger partial charge in [0.1, 0.15) is 5.75 Å². The molecule has 2 aromatic rings. The lowest BCUT2D eigenvalue weighted by molar-refractivity contribution is -0.384. The van der Waals surface area contributed by atoms with E-state index in [-0.39, 0.29) is 42.3 Å². The Bertz CT molecular complexity index is 958. The summed E-state index contributed by atoms with van der Waals surface area (Å²) in [5.41, 5.74) is 1.32. The van der Waals surface area contributed by atoms with Gasteiger partial charge in [-0.05, 0) is 31.0 Å². The molecule has 0 saturated heterocycles. The highest BCUT2D eigenvalue weighted by Gasteiger charge is 2.13. The molecule has 0 saturated carbocycles. The number of sulfonamides is 1. The number of hydrogen-bond donors (Lipinski definition) is 2. The molecule has 2 N–H and O–H groups in total. The highest BCUT2D eigenvalue weighted by molar-refractivity contribution is 7.88. The molecule has 0 spiro atoms. The molecule has 10 heteroatoms. The lowest BCUT2D eigenvalue weighted by Crippen LogP contribution is -2.31. The van der Waals surface area contributed by atoms with Crippen molar-refractivity contribution in [3.63, 3.8) is 0 Å². The van der Waals surface area contributed by atoms with E-state index >= 15 is 0 Å². The van der Waals surface area contributed by atoms with E-state index in [9.17, 15) is 23.3 Å². The van der Waals surface area contributed by atoms with Crippen LogP contribution in [-0.4, -0.2) is 31.9 Å². The van der Waals surface area contributed by atoms with Gasteiger partial charge in [-0.25, -0.2) is 13.1 Å². The van der Waals surface area contributed by atoms with E-state index in [1.165, 1.54) is 24.3 Å². The van der Waals surface area contributed by atoms with Gasteiger partial charge in [0.2, 0.25) is 10.0 Å². The third-order valence-corrected chi connectivity index (χ3v) is 5.23. The highest BCUT2D eigenvalue weighted by atomic mass is 32.2. The van der Waals surface area contributed by atoms with Crippen molar-refractivity contribution in [1.82, 2.24) is 10.0 Å². The van der Waals surface area contributed by atoms with Gasteiger partial charge >= 0.3 is 0 Å². The van der Waals surface area contributed by atoms with Gasteiger partial charge in [-0.2, -0.15) is 0 Å². The van der Waals surface area contributed by atoms with Gasteiger partial charge in [0.05, 0.1) is 16.7 Å². The SMILES string of the molecule is CC(C)NS(=O)(=O)Cc1ccc(CNC(=O)COc2cccc([N+](=O)[O-])c2)cc1. The van der Waals surface area contributed by atoms with Crippen molar-refractivity contribution in [1.29, 1.82) is 0 Å². The van der Waals surface area contributed by atoms with Crippen molar-refractivity contribution in [3.05, 3.63) is 69.8 Å². The van der Waals surface area contributed by atoms with Crippen LogP contribution in [-0.2, 0) is 27.1 Å². The Morgan fingerprint density at radius 3 is 2.41 bits per heavy atom. The van der Waals surface area contributed by atoms with Crippen molar-refractivity contribution >= 4 is 21.6 Å². The summed E-state index contributed by atoms with van der Waals surface area (Å²) in [4.78, 5) is 22.1. The summed E-state index contributed by atoms with van der Waals surface area (Å²) in [5, 5.41) is 13.4. The molecule has 9 nitrogen and oxygen atoms in total. The standard InChI is InChI=1S/C19H23N3O6S/c1-14(2)21-29(26,27)13-16-8-6-15(7-9-16)11-20-19(23)12-28-18-5-3-4-17(10-18)22(24)25/h3-10,14,21H,11-13H2,1-2H3,(H,20,23). The van der Waals surface area contributed by atoms with Gasteiger partial charge in [0, 0.05) is 18.7 Å². The topological polar surface area (TPSA) is 128 Å². The van der Waals surface area contributed by atoms with E-state index in [0.29, 0.717) is 5.56 Å². The summed E-state index contributed by atoms with van der Waals surface area (Å²) < 4.78 is 31.7. The van der Waals surface area contributed by atoms with Crippen molar-refractivity contribution in [2.45, 2.75) is 32.2 Å². The van der Waals surface area contributed by atoms with E-state index < -0.39 is 14.9 Å². The fraction of sp³-hybridized carbons (Fsp3) is 0.316. The maximum Gasteiger partial charge on any atom is 0.273 e. The van der Waals surface area contributed by atoms with E-state index in [1.807, 2.05) is 0 Å². The first kappa shape index (κ1) is 22.3. The predicted molar refractivity (Wildman–Crippen MR) is 108 cm³/mol. The molecule has 2 aromatic carbocycles. The Labute approximate surface area is 169 Å². The number of carbonyl (C=O) groups is 1. The van der Waals surface area contributed by atoms with E-state index in [1.54, 1.807) is 38.1 Å². The van der Waals surface area contributed by atoms with Crippen LogP contribution in [0.2, 0.25) is 0 Å². The maximum atomic E-state index is 11.9. The summed E-state index contributed by atoms with van der Waals surface area (Å²) >= 11 is 0. The van der Waals surface area contributed by atoms with Crippen molar-refractivity contribution in [2.24, 2.45) is 0 Å². The van der Waals surface area contributed by atoms with Crippen molar-refractivity contribution in [3.8, 4) is 5.75 Å².